The second-order valence-electron chi connectivity index (χ2n) is 7.61. The zero-order valence-corrected chi connectivity index (χ0v) is 17.5. The largest absolute Gasteiger partial charge is 0.355 e. The molecule has 30 heavy (non-hydrogen) atoms. The summed E-state index contributed by atoms with van der Waals surface area (Å²) >= 11 is 0. The Labute approximate surface area is 177 Å². The first-order valence-electron chi connectivity index (χ1n) is 10.6. The standard InChI is InChI=1S/C23H30N4O3/c1-24-22(29)20-15-19(17-27(23(20)30)16-18-7-3-2-4-8-18)21(28)9-5-6-12-26-13-10-25-11-14-26/h2-4,7-8,15,17,25H,5-6,9-14,16H2,1H3,(H,24,29). The molecule has 160 valence electrons. The van der Waals surface area contributed by atoms with Gasteiger partial charge in [-0.25, -0.2) is 0 Å². The van der Waals surface area contributed by atoms with E-state index in [2.05, 4.69) is 15.5 Å². The molecule has 1 saturated heterocycles. The summed E-state index contributed by atoms with van der Waals surface area (Å²) in [4.78, 5) is 40.2. The molecule has 1 aliphatic heterocycles. The van der Waals surface area contributed by atoms with Gasteiger partial charge in [-0.1, -0.05) is 30.3 Å². The molecule has 7 nitrogen and oxygen atoms in total. The van der Waals surface area contributed by atoms with E-state index in [0.29, 0.717) is 18.5 Å². The first kappa shape index (κ1) is 21.9. The van der Waals surface area contributed by atoms with Gasteiger partial charge in [0, 0.05) is 51.4 Å². The molecule has 0 bridgehead atoms. The molecular formula is C23H30N4O3. The maximum atomic E-state index is 12.8. The van der Waals surface area contributed by atoms with E-state index in [9.17, 15) is 14.4 Å². The minimum Gasteiger partial charge on any atom is -0.355 e. The van der Waals surface area contributed by atoms with E-state index in [-0.39, 0.29) is 11.3 Å². The topological polar surface area (TPSA) is 83.4 Å². The van der Waals surface area contributed by atoms with Gasteiger partial charge >= 0.3 is 0 Å². The summed E-state index contributed by atoms with van der Waals surface area (Å²) in [6.45, 7) is 5.44. The van der Waals surface area contributed by atoms with Gasteiger partial charge in [0.2, 0.25) is 0 Å². The van der Waals surface area contributed by atoms with Gasteiger partial charge < -0.3 is 20.1 Å². The molecular weight excluding hydrogens is 380 g/mol. The number of nitrogens with one attached hydrogen (secondary N) is 2. The number of pyridine rings is 1. The molecule has 1 amide bonds. The predicted molar refractivity (Wildman–Crippen MR) is 117 cm³/mol. The zero-order chi connectivity index (χ0) is 21.3. The Morgan fingerprint density at radius 2 is 1.83 bits per heavy atom. The van der Waals surface area contributed by atoms with Gasteiger partial charge in [-0.2, -0.15) is 0 Å². The van der Waals surface area contributed by atoms with Crippen molar-refractivity contribution in [3.8, 4) is 0 Å². The molecule has 0 radical (unpaired) electrons. The summed E-state index contributed by atoms with van der Waals surface area (Å²) in [7, 11) is 1.48. The lowest BCUT2D eigenvalue weighted by Crippen LogP contribution is -2.43. The van der Waals surface area contributed by atoms with Crippen LogP contribution in [0.25, 0.3) is 0 Å². The van der Waals surface area contributed by atoms with Crippen LogP contribution >= 0.6 is 0 Å². The zero-order valence-electron chi connectivity index (χ0n) is 17.5. The van der Waals surface area contributed by atoms with Gasteiger partial charge in [0.05, 0.1) is 6.54 Å². The second-order valence-corrected chi connectivity index (χ2v) is 7.61. The van der Waals surface area contributed by atoms with Crippen molar-refractivity contribution in [2.45, 2.75) is 25.8 Å². The number of amides is 1. The number of hydrogen-bond donors (Lipinski definition) is 2. The summed E-state index contributed by atoms with van der Waals surface area (Å²) in [6.07, 6.45) is 3.73. The fourth-order valence-electron chi connectivity index (χ4n) is 3.68. The van der Waals surface area contributed by atoms with Crippen molar-refractivity contribution in [3.63, 3.8) is 0 Å². The Morgan fingerprint density at radius 3 is 2.53 bits per heavy atom. The number of carbonyl (C=O) groups excluding carboxylic acids is 2. The molecule has 0 unspecified atom stereocenters. The molecule has 3 rings (SSSR count). The lowest BCUT2D eigenvalue weighted by molar-refractivity contribution is 0.0961. The monoisotopic (exact) mass is 410 g/mol. The Balaban J connectivity index is 1.70. The molecule has 0 spiro atoms. The lowest BCUT2D eigenvalue weighted by atomic mass is 10.0. The minimum atomic E-state index is -0.477. The van der Waals surface area contributed by atoms with Crippen LogP contribution in [0.3, 0.4) is 0 Å². The Kier molecular flexibility index (Phi) is 7.93. The number of rotatable bonds is 9. The van der Waals surface area contributed by atoms with Crippen LogP contribution in [0, 0.1) is 0 Å². The maximum absolute atomic E-state index is 12.8. The molecule has 0 aliphatic carbocycles. The Hall–Kier alpha value is -2.77. The van der Waals surface area contributed by atoms with Gasteiger partial charge in [-0.15, -0.1) is 0 Å². The number of aromatic nitrogens is 1. The van der Waals surface area contributed by atoms with Crippen LogP contribution < -0.4 is 16.2 Å². The summed E-state index contributed by atoms with van der Waals surface area (Å²) in [6, 6.07) is 11.0. The lowest BCUT2D eigenvalue weighted by Gasteiger charge is -2.26. The third-order valence-corrected chi connectivity index (χ3v) is 5.41. The summed E-state index contributed by atoms with van der Waals surface area (Å²) < 4.78 is 1.45. The second kappa shape index (κ2) is 10.8. The molecule has 2 aromatic rings. The van der Waals surface area contributed by atoms with Crippen LogP contribution in [0.5, 0.6) is 0 Å². The fraction of sp³-hybridized carbons (Fsp3) is 0.435. The molecule has 7 heteroatoms. The molecule has 1 fully saturated rings. The van der Waals surface area contributed by atoms with Crippen molar-refractivity contribution in [1.82, 2.24) is 20.1 Å². The molecule has 1 aromatic carbocycles. The molecule has 0 atom stereocenters. The SMILES string of the molecule is CNC(=O)c1cc(C(=O)CCCCN2CCNCC2)cn(Cc2ccccc2)c1=O. The van der Waals surface area contributed by atoms with Crippen molar-refractivity contribution in [2.75, 3.05) is 39.8 Å². The fourth-order valence-corrected chi connectivity index (χ4v) is 3.68. The number of piperazine rings is 1. The van der Waals surface area contributed by atoms with Gasteiger partial charge in [-0.3, -0.25) is 14.4 Å². The van der Waals surface area contributed by atoms with Gasteiger partial charge in [0.15, 0.2) is 5.78 Å². The van der Waals surface area contributed by atoms with E-state index in [1.807, 2.05) is 30.3 Å². The van der Waals surface area contributed by atoms with Crippen LogP contribution in [0.4, 0.5) is 0 Å². The summed E-state index contributed by atoms with van der Waals surface area (Å²) in [5, 5.41) is 5.83. The van der Waals surface area contributed by atoms with Crippen molar-refractivity contribution < 1.29 is 9.59 Å². The van der Waals surface area contributed by atoms with E-state index < -0.39 is 11.5 Å². The maximum Gasteiger partial charge on any atom is 0.263 e. The van der Waals surface area contributed by atoms with E-state index in [0.717, 1.165) is 51.1 Å². The van der Waals surface area contributed by atoms with Crippen molar-refractivity contribution >= 4 is 11.7 Å². The normalized spacial score (nSPS) is 14.4. The third kappa shape index (κ3) is 5.87. The van der Waals surface area contributed by atoms with Gasteiger partial charge in [0.25, 0.3) is 11.5 Å². The van der Waals surface area contributed by atoms with Crippen LogP contribution in [-0.4, -0.2) is 60.9 Å². The first-order valence-corrected chi connectivity index (χ1v) is 10.6. The molecule has 1 aromatic heterocycles. The number of carbonyl (C=O) groups is 2. The quantitative estimate of drug-likeness (QED) is 0.484. The summed E-state index contributed by atoms with van der Waals surface area (Å²) in [5.41, 5.74) is 0.947. The molecule has 2 heterocycles. The minimum absolute atomic E-state index is 0.0000906. The van der Waals surface area contributed by atoms with Crippen molar-refractivity contribution in [1.29, 1.82) is 0 Å². The summed E-state index contributed by atoms with van der Waals surface area (Å²) in [5.74, 6) is -0.516. The van der Waals surface area contributed by atoms with Crippen LogP contribution in [0.1, 0.15) is 45.5 Å². The predicted octanol–water partition coefficient (Wildman–Crippen LogP) is 1.51. The smallest absolute Gasteiger partial charge is 0.263 e. The van der Waals surface area contributed by atoms with E-state index >= 15 is 0 Å². The average Bonchev–Trinajstić information content (AvgIpc) is 2.78. The highest BCUT2D eigenvalue weighted by atomic mass is 16.2. The first-order chi connectivity index (χ1) is 14.6. The van der Waals surface area contributed by atoms with Gasteiger partial charge in [-0.05, 0) is 31.0 Å². The van der Waals surface area contributed by atoms with E-state index in [4.69, 9.17) is 0 Å². The van der Waals surface area contributed by atoms with Gasteiger partial charge in [0.1, 0.15) is 5.56 Å². The Morgan fingerprint density at radius 1 is 1.10 bits per heavy atom. The number of Topliss-reactive ketones (excluding diaryl/α,β-unsaturated/α-hetero) is 1. The molecule has 2 N–H and O–H groups in total. The third-order valence-electron chi connectivity index (χ3n) is 5.41. The van der Waals surface area contributed by atoms with Crippen LogP contribution in [0.2, 0.25) is 0 Å². The number of unbranched alkanes of at least 4 members (excludes halogenated alkanes) is 1. The molecule has 1 aliphatic rings. The highest BCUT2D eigenvalue weighted by molar-refractivity contribution is 6.00. The average molecular weight is 411 g/mol. The molecule has 0 saturated carbocycles. The Bertz CT molecular complexity index is 918. The number of benzene rings is 1. The van der Waals surface area contributed by atoms with E-state index in [1.54, 1.807) is 6.20 Å². The van der Waals surface area contributed by atoms with Crippen molar-refractivity contribution in [2.24, 2.45) is 0 Å². The highest BCUT2D eigenvalue weighted by Gasteiger charge is 2.17. The van der Waals surface area contributed by atoms with Crippen LogP contribution in [-0.2, 0) is 6.54 Å². The van der Waals surface area contributed by atoms with Crippen molar-refractivity contribution in [3.05, 3.63) is 69.6 Å². The highest BCUT2D eigenvalue weighted by Crippen LogP contribution is 2.10. The number of ketones is 1. The van der Waals surface area contributed by atoms with E-state index in [1.165, 1.54) is 17.7 Å². The number of nitrogens with zero attached hydrogens (tertiary/aromatic N) is 2. The number of hydrogen-bond acceptors (Lipinski definition) is 5. The van der Waals surface area contributed by atoms with Crippen LogP contribution in [0.15, 0.2) is 47.4 Å².